The summed E-state index contributed by atoms with van der Waals surface area (Å²) < 4.78 is 1.65. The summed E-state index contributed by atoms with van der Waals surface area (Å²) >= 11 is 8.01. The molecular formula is C15H12Br2N2O2S. The lowest BCUT2D eigenvalue weighted by molar-refractivity contribution is -0.115. The summed E-state index contributed by atoms with van der Waals surface area (Å²) in [5, 5.41) is 2.85. The number of primary amides is 1. The van der Waals surface area contributed by atoms with Crippen LogP contribution in [0.25, 0.3) is 0 Å². The molecule has 0 spiro atoms. The van der Waals surface area contributed by atoms with Gasteiger partial charge in [-0.1, -0.05) is 28.1 Å². The molecule has 0 aliphatic carbocycles. The lowest BCUT2D eigenvalue weighted by Gasteiger charge is -2.11. The van der Waals surface area contributed by atoms with Gasteiger partial charge in [0.05, 0.1) is 17.0 Å². The van der Waals surface area contributed by atoms with E-state index in [1.54, 1.807) is 24.3 Å². The Labute approximate surface area is 149 Å². The molecule has 114 valence electrons. The van der Waals surface area contributed by atoms with Crippen molar-refractivity contribution in [2.24, 2.45) is 5.73 Å². The van der Waals surface area contributed by atoms with Crippen molar-refractivity contribution in [3.05, 3.63) is 57.0 Å². The highest BCUT2D eigenvalue weighted by Crippen LogP contribution is 2.28. The van der Waals surface area contributed by atoms with Crippen LogP contribution in [0.2, 0.25) is 0 Å². The second-order valence-corrected chi connectivity index (χ2v) is 7.12. The third-order valence-electron chi connectivity index (χ3n) is 2.68. The van der Waals surface area contributed by atoms with Gasteiger partial charge in [-0.05, 0) is 46.3 Å². The summed E-state index contributed by atoms with van der Waals surface area (Å²) in [4.78, 5) is 24.1. The minimum atomic E-state index is -0.421. The van der Waals surface area contributed by atoms with E-state index in [2.05, 4.69) is 37.2 Å². The molecule has 2 aromatic carbocycles. The highest BCUT2D eigenvalue weighted by Gasteiger charge is 2.13. The second kappa shape index (κ2) is 7.80. The zero-order valence-electron chi connectivity index (χ0n) is 11.3. The van der Waals surface area contributed by atoms with Crippen molar-refractivity contribution in [1.29, 1.82) is 0 Å². The lowest BCUT2D eigenvalue weighted by Crippen LogP contribution is -2.15. The number of carbonyl (C=O) groups is 2. The van der Waals surface area contributed by atoms with Gasteiger partial charge in [0.15, 0.2) is 0 Å². The average molecular weight is 444 g/mol. The number of halogens is 2. The van der Waals surface area contributed by atoms with Crippen LogP contribution >= 0.6 is 43.6 Å². The van der Waals surface area contributed by atoms with Gasteiger partial charge in [0, 0.05) is 13.8 Å². The zero-order valence-corrected chi connectivity index (χ0v) is 15.3. The maximum Gasteiger partial charge on any atom is 0.256 e. The SMILES string of the molecule is NC(=O)CSc1ccccc1C(=O)Nc1cc(Br)ccc1Br. The molecular weight excluding hydrogens is 432 g/mol. The molecule has 0 aromatic heterocycles. The fourth-order valence-corrected chi connectivity index (χ4v) is 3.21. The number of rotatable bonds is 5. The Morgan fingerprint density at radius 1 is 1.14 bits per heavy atom. The van der Waals surface area contributed by atoms with E-state index in [4.69, 9.17) is 5.73 Å². The molecule has 0 radical (unpaired) electrons. The predicted octanol–water partition coefficient (Wildman–Crippen LogP) is 4.04. The lowest BCUT2D eigenvalue weighted by atomic mass is 10.2. The van der Waals surface area contributed by atoms with Crippen LogP contribution in [0.15, 0.2) is 56.3 Å². The van der Waals surface area contributed by atoms with Crippen LogP contribution in [0, 0.1) is 0 Å². The normalized spacial score (nSPS) is 10.3. The minimum Gasteiger partial charge on any atom is -0.369 e. The topological polar surface area (TPSA) is 72.2 Å². The van der Waals surface area contributed by atoms with Crippen LogP contribution in [0.1, 0.15) is 10.4 Å². The molecule has 7 heteroatoms. The summed E-state index contributed by atoms with van der Waals surface area (Å²) in [6, 6.07) is 12.6. The van der Waals surface area contributed by atoms with Gasteiger partial charge < -0.3 is 11.1 Å². The van der Waals surface area contributed by atoms with Crippen molar-refractivity contribution in [2.75, 3.05) is 11.1 Å². The van der Waals surface area contributed by atoms with Crippen LogP contribution in [-0.4, -0.2) is 17.6 Å². The van der Waals surface area contributed by atoms with E-state index in [9.17, 15) is 9.59 Å². The van der Waals surface area contributed by atoms with Crippen LogP contribution in [0.5, 0.6) is 0 Å². The van der Waals surface area contributed by atoms with E-state index < -0.39 is 5.91 Å². The number of nitrogens with two attached hydrogens (primary N) is 1. The number of anilines is 1. The Morgan fingerprint density at radius 2 is 1.86 bits per heavy atom. The van der Waals surface area contributed by atoms with Crippen molar-refractivity contribution in [3.8, 4) is 0 Å². The second-order valence-electron chi connectivity index (χ2n) is 4.33. The van der Waals surface area contributed by atoms with Crippen LogP contribution < -0.4 is 11.1 Å². The van der Waals surface area contributed by atoms with Crippen molar-refractivity contribution >= 4 is 61.1 Å². The first-order valence-electron chi connectivity index (χ1n) is 6.24. The van der Waals surface area contributed by atoms with Crippen molar-refractivity contribution in [3.63, 3.8) is 0 Å². The molecule has 22 heavy (non-hydrogen) atoms. The third kappa shape index (κ3) is 4.59. The Morgan fingerprint density at radius 3 is 2.59 bits per heavy atom. The van der Waals surface area contributed by atoms with Crippen molar-refractivity contribution in [1.82, 2.24) is 0 Å². The van der Waals surface area contributed by atoms with Gasteiger partial charge in [-0.15, -0.1) is 11.8 Å². The summed E-state index contributed by atoms with van der Waals surface area (Å²) in [6.07, 6.45) is 0. The fourth-order valence-electron chi connectivity index (χ4n) is 1.71. The molecule has 0 heterocycles. The Bertz CT molecular complexity index is 722. The fraction of sp³-hybridized carbons (Fsp3) is 0.0667. The maximum atomic E-state index is 12.5. The molecule has 0 aliphatic rings. The number of benzene rings is 2. The number of nitrogens with one attached hydrogen (secondary N) is 1. The van der Waals surface area contributed by atoms with Gasteiger partial charge in [-0.3, -0.25) is 9.59 Å². The van der Waals surface area contributed by atoms with E-state index in [1.165, 1.54) is 11.8 Å². The number of thioether (sulfide) groups is 1. The molecule has 0 atom stereocenters. The van der Waals surface area contributed by atoms with Crippen LogP contribution in [-0.2, 0) is 4.79 Å². The van der Waals surface area contributed by atoms with Gasteiger partial charge in [0.25, 0.3) is 5.91 Å². The largest absolute Gasteiger partial charge is 0.369 e. The summed E-state index contributed by atoms with van der Waals surface area (Å²) in [7, 11) is 0. The number of hydrogen-bond donors (Lipinski definition) is 2. The molecule has 2 aromatic rings. The highest BCUT2D eigenvalue weighted by atomic mass is 79.9. The van der Waals surface area contributed by atoms with E-state index in [1.807, 2.05) is 18.2 Å². The zero-order chi connectivity index (χ0) is 16.1. The molecule has 0 saturated heterocycles. The van der Waals surface area contributed by atoms with Gasteiger partial charge in [0.2, 0.25) is 5.91 Å². The first-order chi connectivity index (χ1) is 10.5. The Kier molecular flexibility index (Phi) is 6.05. The molecule has 0 bridgehead atoms. The number of carbonyl (C=O) groups excluding carboxylic acids is 2. The number of hydrogen-bond acceptors (Lipinski definition) is 3. The van der Waals surface area contributed by atoms with Crippen LogP contribution in [0.3, 0.4) is 0 Å². The van der Waals surface area contributed by atoms with Crippen LogP contribution in [0.4, 0.5) is 5.69 Å². The quantitative estimate of drug-likeness (QED) is 0.685. The summed E-state index contributed by atoms with van der Waals surface area (Å²) in [5.41, 5.74) is 6.32. The predicted molar refractivity (Wildman–Crippen MR) is 96.2 cm³/mol. The van der Waals surface area contributed by atoms with Gasteiger partial charge in [0.1, 0.15) is 0 Å². The Hall–Kier alpha value is -1.31. The van der Waals surface area contributed by atoms with E-state index in [0.717, 1.165) is 8.95 Å². The monoisotopic (exact) mass is 442 g/mol. The van der Waals surface area contributed by atoms with Gasteiger partial charge >= 0.3 is 0 Å². The minimum absolute atomic E-state index is 0.130. The Balaban J connectivity index is 2.22. The molecule has 2 amide bonds. The average Bonchev–Trinajstić information content (AvgIpc) is 2.49. The van der Waals surface area contributed by atoms with Gasteiger partial charge in [-0.2, -0.15) is 0 Å². The standard InChI is InChI=1S/C15H12Br2N2O2S/c16-9-5-6-11(17)12(7-9)19-15(21)10-3-1-2-4-13(10)22-8-14(18)20/h1-7H,8H2,(H2,18,20)(H,19,21). The first-order valence-corrected chi connectivity index (χ1v) is 8.81. The van der Waals surface area contributed by atoms with Gasteiger partial charge in [-0.25, -0.2) is 0 Å². The van der Waals surface area contributed by atoms with Crippen molar-refractivity contribution < 1.29 is 9.59 Å². The summed E-state index contributed by atoms with van der Waals surface area (Å²) in [6.45, 7) is 0. The highest BCUT2D eigenvalue weighted by molar-refractivity contribution is 9.11. The number of amides is 2. The van der Waals surface area contributed by atoms with Crippen molar-refractivity contribution in [2.45, 2.75) is 4.90 Å². The molecule has 0 aliphatic heterocycles. The molecule has 3 N–H and O–H groups in total. The molecule has 0 fully saturated rings. The maximum absolute atomic E-state index is 12.5. The molecule has 4 nitrogen and oxygen atoms in total. The summed E-state index contributed by atoms with van der Waals surface area (Å²) in [5.74, 6) is -0.536. The molecule has 0 unspecified atom stereocenters. The first kappa shape index (κ1) is 17.1. The van der Waals surface area contributed by atoms with E-state index in [0.29, 0.717) is 16.1 Å². The van der Waals surface area contributed by atoms with E-state index in [-0.39, 0.29) is 11.7 Å². The molecule has 2 rings (SSSR count). The smallest absolute Gasteiger partial charge is 0.256 e. The third-order valence-corrected chi connectivity index (χ3v) is 4.96. The van der Waals surface area contributed by atoms with E-state index >= 15 is 0 Å². The molecule has 0 saturated carbocycles.